The van der Waals surface area contributed by atoms with Crippen molar-refractivity contribution in [3.63, 3.8) is 0 Å². The van der Waals surface area contributed by atoms with E-state index in [1.165, 1.54) is 5.56 Å². The van der Waals surface area contributed by atoms with Gasteiger partial charge in [-0.05, 0) is 36.1 Å². The van der Waals surface area contributed by atoms with E-state index >= 15 is 0 Å². The lowest BCUT2D eigenvalue weighted by atomic mass is 10.1. The molecule has 0 saturated carbocycles. The van der Waals surface area contributed by atoms with Crippen molar-refractivity contribution < 1.29 is 34.2 Å². The summed E-state index contributed by atoms with van der Waals surface area (Å²) in [4.78, 5) is 19.1. The highest BCUT2D eigenvalue weighted by molar-refractivity contribution is 7.17. The van der Waals surface area contributed by atoms with Crippen molar-refractivity contribution in [2.75, 3.05) is 13.2 Å². The van der Waals surface area contributed by atoms with Gasteiger partial charge in [0.1, 0.15) is 28.4 Å². The number of aliphatic carboxylic acids is 2. The average molecular weight is 511 g/mol. The van der Waals surface area contributed by atoms with Crippen LogP contribution in [0.4, 0.5) is 0 Å². The summed E-state index contributed by atoms with van der Waals surface area (Å²) in [5.41, 5.74) is 2.73. The van der Waals surface area contributed by atoms with Gasteiger partial charge < -0.3 is 29.9 Å². The van der Waals surface area contributed by atoms with Crippen molar-refractivity contribution in [3.05, 3.63) is 83.8 Å². The zero-order chi connectivity index (χ0) is 26.0. The van der Waals surface area contributed by atoms with Gasteiger partial charge in [-0.25, -0.2) is 9.59 Å². The minimum absolute atomic E-state index is 0.186. The van der Waals surface area contributed by atoms with Gasteiger partial charge in [0, 0.05) is 30.8 Å². The first kappa shape index (κ1) is 26.6. The Morgan fingerprint density at radius 3 is 2.50 bits per heavy atom. The number of aliphatic hydroxyl groups is 1. The molecule has 0 aliphatic rings. The lowest BCUT2D eigenvalue weighted by Crippen LogP contribution is -2.42. The van der Waals surface area contributed by atoms with Crippen molar-refractivity contribution in [1.82, 2.24) is 10.5 Å². The van der Waals surface area contributed by atoms with Crippen LogP contribution in [0.3, 0.4) is 0 Å². The standard InChI is InChI=1S/C22H22N2O3S.C4H4O4/c1-22(25,14-23-13-16-6-3-2-4-7-16)15-26-18-9-5-8-17(12-18)20-21-19(27-24-20)10-11-28-21;5-3(6)1-2-4(7)8/h2-12,23,25H,13-15H2,1H3;1-2H,(H,5,6)(H,7,8)/t22-;/m0./s1. The third kappa shape index (κ3) is 8.35. The largest absolute Gasteiger partial charge is 0.491 e. The topological polar surface area (TPSA) is 142 Å². The number of rotatable bonds is 10. The fourth-order valence-electron chi connectivity index (χ4n) is 3.10. The third-order valence-electron chi connectivity index (χ3n) is 4.78. The number of carboxylic acids is 2. The highest BCUT2D eigenvalue weighted by Crippen LogP contribution is 2.33. The van der Waals surface area contributed by atoms with E-state index in [-0.39, 0.29) is 6.61 Å². The molecule has 0 aliphatic carbocycles. The molecule has 1 atom stereocenters. The molecule has 0 spiro atoms. The van der Waals surface area contributed by atoms with Crippen LogP contribution in [0.15, 0.2) is 82.7 Å². The Morgan fingerprint density at radius 2 is 1.81 bits per heavy atom. The molecule has 9 nitrogen and oxygen atoms in total. The molecule has 0 aliphatic heterocycles. The highest BCUT2D eigenvalue weighted by Gasteiger charge is 2.21. The Labute approximate surface area is 211 Å². The molecule has 0 fully saturated rings. The van der Waals surface area contributed by atoms with Gasteiger partial charge in [-0.3, -0.25) is 0 Å². The third-order valence-corrected chi connectivity index (χ3v) is 5.69. The molecule has 0 amide bonds. The molecule has 2 aromatic carbocycles. The van der Waals surface area contributed by atoms with Gasteiger partial charge >= 0.3 is 11.9 Å². The molecule has 0 radical (unpaired) electrons. The van der Waals surface area contributed by atoms with Crippen molar-refractivity contribution >= 4 is 33.6 Å². The van der Waals surface area contributed by atoms with Crippen LogP contribution in [0.2, 0.25) is 0 Å². The van der Waals surface area contributed by atoms with E-state index in [1.54, 1.807) is 18.3 Å². The quantitative estimate of drug-likeness (QED) is 0.231. The first-order valence-electron chi connectivity index (χ1n) is 10.9. The van der Waals surface area contributed by atoms with Gasteiger partial charge in [0.2, 0.25) is 0 Å². The van der Waals surface area contributed by atoms with E-state index in [1.807, 2.05) is 53.9 Å². The van der Waals surface area contributed by atoms with Crippen molar-refractivity contribution in [3.8, 4) is 17.0 Å². The van der Waals surface area contributed by atoms with Crippen LogP contribution >= 0.6 is 11.3 Å². The predicted molar refractivity (Wildman–Crippen MR) is 136 cm³/mol. The second-order valence-corrected chi connectivity index (χ2v) is 8.97. The van der Waals surface area contributed by atoms with Gasteiger partial charge in [-0.1, -0.05) is 47.6 Å². The smallest absolute Gasteiger partial charge is 0.328 e. The van der Waals surface area contributed by atoms with Gasteiger partial charge in [-0.15, -0.1) is 11.3 Å². The number of benzene rings is 2. The molecule has 2 heterocycles. The molecule has 0 saturated heterocycles. The zero-order valence-electron chi connectivity index (χ0n) is 19.5. The minimum atomic E-state index is -1.26. The number of carboxylic acid groups (broad SMARTS) is 2. The zero-order valence-corrected chi connectivity index (χ0v) is 20.3. The molecule has 4 rings (SSSR count). The SMILES string of the molecule is C[C@](O)(CNCc1ccccc1)COc1cccc(-c2noc3ccsc23)c1.O=C(O)C=CC(=O)O. The van der Waals surface area contributed by atoms with Crippen LogP contribution in [-0.2, 0) is 16.1 Å². The van der Waals surface area contributed by atoms with Crippen LogP contribution in [0.1, 0.15) is 12.5 Å². The van der Waals surface area contributed by atoms with E-state index in [0.29, 0.717) is 31.0 Å². The van der Waals surface area contributed by atoms with Crippen LogP contribution in [0, 0.1) is 0 Å². The van der Waals surface area contributed by atoms with Gasteiger partial charge in [-0.2, -0.15) is 0 Å². The molecule has 10 heteroatoms. The molecular weight excluding hydrogens is 484 g/mol. The molecule has 4 N–H and O–H groups in total. The molecular formula is C26H26N2O7S. The Balaban J connectivity index is 0.000000392. The fraction of sp³-hybridized carbons (Fsp3) is 0.192. The molecule has 0 unspecified atom stereocenters. The molecule has 4 aromatic rings. The second-order valence-electron chi connectivity index (χ2n) is 8.06. The monoisotopic (exact) mass is 510 g/mol. The first-order valence-corrected chi connectivity index (χ1v) is 11.8. The lowest BCUT2D eigenvalue weighted by Gasteiger charge is -2.24. The number of carbonyl (C=O) groups is 2. The summed E-state index contributed by atoms with van der Waals surface area (Å²) in [6.07, 6.45) is 1.12. The first-order chi connectivity index (χ1) is 17.2. The number of nitrogens with one attached hydrogen (secondary N) is 1. The molecule has 2 aromatic heterocycles. The summed E-state index contributed by atoms with van der Waals surface area (Å²) in [7, 11) is 0. The fourth-order valence-corrected chi connectivity index (χ4v) is 3.92. The van der Waals surface area contributed by atoms with Crippen molar-refractivity contribution in [2.45, 2.75) is 19.1 Å². The van der Waals surface area contributed by atoms with E-state index < -0.39 is 17.5 Å². The number of hydrogen-bond donors (Lipinski definition) is 4. The lowest BCUT2D eigenvalue weighted by molar-refractivity contribution is -0.134. The Morgan fingerprint density at radius 1 is 1.08 bits per heavy atom. The van der Waals surface area contributed by atoms with Crippen LogP contribution in [0.5, 0.6) is 5.75 Å². The summed E-state index contributed by atoms with van der Waals surface area (Å²) in [6, 6.07) is 19.7. The number of ether oxygens (including phenoxy) is 1. The number of thiophene rings is 1. The van der Waals surface area contributed by atoms with E-state index in [0.717, 1.165) is 21.5 Å². The normalized spacial score (nSPS) is 12.6. The number of fused-ring (bicyclic) bond motifs is 1. The van der Waals surface area contributed by atoms with Gasteiger partial charge in [0.25, 0.3) is 0 Å². The Hall–Kier alpha value is -3.99. The highest BCUT2D eigenvalue weighted by atomic mass is 32.1. The predicted octanol–water partition coefficient (Wildman–Crippen LogP) is 4.19. The number of nitrogens with zero attached hydrogens (tertiary/aromatic N) is 1. The minimum Gasteiger partial charge on any atom is -0.491 e. The van der Waals surface area contributed by atoms with Crippen molar-refractivity contribution in [2.24, 2.45) is 0 Å². The Bertz CT molecular complexity index is 1300. The van der Waals surface area contributed by atoms with Crippen LogP contribution in [0.25, 0.3) is 21.5 Å². The van der Waals surface area contributed by atoms with E-state index in [2.05, 4.69) is 22.6 Å². The summed E-state index contributed by atoms with van der Waals surface area (Å²) >= 11 is 1.60. The van der Waals surface area contributed by atoms with E-state index in [4.69, 9.17) is 19.5 Å². The van der Waals surface area contributed by atoms with Crippen LogP contribution < -0.4 is 10.1 Å². The van der Waals surface area contributed by atoms with Crippen LogP contribution in [-0.4, -0.2) is 51.2 Å². The van der Waals surface area contributed by atoms with E-state index in [9.17, 15) is 14.7 Å². The Kier molecular flexibility index (Phi) is 9.34. The maximum Gasteiger partial charge on any atom is 0.328 e. The maximum absolute atomic E-state index is 10.6. The number of aromatic nitrogens is 1. The van der Waals surface area contributed by atoms with Gasteiger partial charge in [0.05, 0.1) is 0 Å². The molecule has 188 valence electrons. The van der Waals surface area contributed by atoms with Gasteiger partial charge in [0.15, 0.2) is 5.58 Å². The summed E-state index contributed by atoms with van der Waals surface area (Å²) < 4.78 is 12.2. The van der Waals surface area contributed by atoms with Crippen molar-refractivity contribution in [1.29, 1.82) is 0 Å². The number of hydrogen-bond acceptors (Lipinski definition) is 8. The summed E-state index contributed by atoms with van der Waals surface area (Å²) in [5.74, 6) is -1.83. The maximum atomic E-state index is 10.6. The molecule has 0 bridgehead atoms. The summed E-state index contributed by atoms with van der Waals surface area (Å²) in [6.45, 7) is 3.09. The second kappa shape index (κ2) is 12.6. The average Bonchev–Trinajstić information content (AvgIpc) is 3.47. The summed E-state index contributed by atoms with van der Waals surface area (Å²) in [5, 5.41) is 35.7. The molecule has 36 heavy (non-hydrogen) atoms.